The molecule has 0 saturated carbocycles. The van der Waals surface area contributed by atoms with Crippen molar-refractivity contribution in [3.63, 3.8) is 0 Å². The summed E-state index contributed by atoms with van der Waals surface area (Å²) in [6.07, 6.45) is -4.80. The van der Waals surface area contributed by atoms with Crippen LogP contribution in [0.2, 0.25) is 0 Å². The predicted molar refractivity (Wildman–Crippen MR) is 54.1 cm³/mol. The molecule has 0 bridgehead atoms. The van der Waals surface area contributed by atoms with Crippen molar-refractivity contribution < 1.29 is 32.7 Å². The van der Waals surface area contributed by atoms with Gasteiger partial charge in [0.1, 0.15) is 11.5 Å². The van der Waals surface area contributed by atoms with Crippen molar-refractivity contribution in [3.05, 3.63) is 18.2 Å². The standard InChI is InChI=1S/C9H10BF3O4/c1-2-16-8-5-6(17-9(11,12)13)3-4-7(8)10(14)15/h3-5,14-15H,2H2,1H3. The van der Waals surface area contributed by atoms with Crippen LogP contribution < -0.4 is 14.9 Å². The van der Waals surface area contributed by atoms with Crippen molar-refractivity contribution in [2.75, 3.05) is 6.61 Å². The molecule has 4 nitrogen and oxygen atoms in total. The Hall–Kier alpha value is -1.41. The maximum atomic E-state index is 12.0. The van der Waals surface area contributed by atoms with E-state index in [2.05, 4.69) is 4.74 Å². The molecule has 0 spiro atoms. The van der Waals surface area contributed by atoms with Gasteiger partial charge in [0.05, 0.1) is 6.61 Å². The normalized spacial score (nSPS) is 11.2. The topological polar surface area (TPSA) is 58.9 Å². The van der Waals surface area contributed by atoms with Gasteiger partial charge in [-0.2, -0.15) is 0 Å². The van der Waals surface area contributed by atoms with Gasteiger partial charge in [-0.15, -0.1) is 13.2 Å². The van der Waals surface area contributed by atoms with Crippen molar-refractivity contribution in [2.24, 2.45) is 0 Å². The molecule has 0 unspecified atom stereocenters. The van der Waals surface area contributed by atoms with Crippen LogP contribution >= 0.6 is 0 Å². The van der Waals surface area contributed by atoms with E-state index in [4.69, 9.17) is 14.8 Å². The zero-order valence-corrected chi connectivity index (χ0v) is 8.86. The third-order valence-electron chi connectivity index (χ3n) is 1.80. The average molecular weight is 250 g/mol. The minimum Gasteiger partial charge on any atom is -0.494 e. The molecule has 1 aromatic carbocycles. The van der Waals surface area contributed by atoms with E-state index in [1.165, 1.54) is 0 Å². The summed E-state index contributed by atoms with van der Waals surface area (Å²) in [5.41, 5.74) is -0.0265. The van der Waals surface area contributed by atoms with Gasteiger partial charge in [0.15, 0.2) is 0 Å². The average Bonchev–Trinajstić information content (AvgIpc) is 2.15. The highest BCUT2D eigenvalue weighted by molar-refractivity contribution is 6.59. The molecule has 17 heavy (non-hydrogen) atoms. The van der Waals surface area contributed by atoms with Crippen LogP contribution in [0.4, 0.5) is 13.2 Å². The highest BCUT2D eigenvalue weighted by atomic mass is 19.4. The highest BCUT2D eigenvalue weighted by Crippen LogP contribution is 2.25. The van der Waals surface area contributed by atoms with Gasteiger partial charge in [0.2, 0.25) is 0 Å². The van der Waals surface area contributed by atoms with Crippen LogP contribution in [0.3, 0.4) is 0 Å². The molecule has 8 heteroatoms. The molecule has 94 valence electrons. The number of hydrogen-bond donors (Lipinski definition) is 2. The monoisotopic (exact) mass is 250 g/mol. The minimum atomic E-state index is -4.80. The number of hydrogen-bond acceptors (Lipinski definition) is 4. The van der Waals surface area contributed by atoms with Gasteiger partial charge in [-0.3, -0.25) is 0 Å². The molecule has 0 aromatic heterocycles. The molecule has 0 aliphatic carbocycles. The third-order valence-corrected chi connectivity index (χ3v) is 1.80. The van der Waals surface area contributed by atoms with Crippen LogP contribution in [0.5, 0.6) is 11.5 Å². The van der Waals surface area contributed by atoms with Gasteiger partial charge in [-0.25, -0.2) is 0 Å². The summed E-state index contributed by atoms with van der Waals surface area (Å²) < 4.78 is 44.5. The van der Waals surface area contributed by atoms with Gasteiger partial charge in [0.25, 0.3) is 0 Å². The number of alkyl halides is 3. The van der Waals surface area contributed by atoms with Crippen molar-refractivity contribution in [2.45, 2.75) is 13.3 Å². The van der Waals surface area contributed by atoms with E-state index in [1.807, 2.05) is 0 Å². The Kier molecular flexibility index (Phi) is 4.25. The molecule has 2 N–H and O–H groups in total. The molecule has 0 amide bonds. The molecular formula is C9H10BF3O4. The van der Waals surface area contributed by atoms with Gasteiger partial charge in [0, 0.05) is 11.5 Å². The fourth-order valence-corrected chi connectivity index (χ4v) is 1.21. The van der Waals surface area contributed by atoms with Crippen molar-refractivity contribution in [3.8, 4) is 11.5 Å². The van der Waals surface area contributed by atoms with Gasteiger partial charge in [-0.1, -0.05) is 6.07 Å². The highest BCUT2D eigenvalue weighted by Gasteiger charge is 2.31. The van der Waals surface area contributed by atoms with Gasteiger partial charge < -0.3 is 19.5 Å². The van der Waals surface area contributed by atoms with Crippen LogP contribution in [0.25, 0.3) is 0 Å². The Morgan fingerprint density at radius 2 is 1.94 bits per heavy atom. The Balaban J connectivity index is 3.01. The SMILES string of the molecule is CCOc1cc(OC(F)(F)F)ccc1B(O)O. The van der Waals surface area contributed by atoms with Gasteiger partial charge >= 0.3 is 13.5 Å². The Labute approximate surface area is 95.7 Å². The molecule has 0 atom stereocenters. The van der Waals surface area contributed by atoms with Crippen molar-refractivity contribution >= 4 is 12.6 Å². The fraction of sp³-hybridized carbons (Fsp3) is 0.333. The number of rotatable bonds is 4. The van der Waals surface area contributed by atoms with E-state index in [-0.39, 0.29) is 17.8 Å². The first kappa shape index (κ1) is 13.7. The number of benzene rings is 1. The predicted octanol–water partition coefficient (Wildman–Crippen LogP) is 0.664. The maximum Gasteiger partial charge on any atom is 0.573 e. The minimum absolute atomic E-state index is 0.0265. The number of ether oxygens (including phenoxy) is 2. The largest absolute Gasteiger partial charge is 0.573 e. The van der Waals surface area contributed by atoms with E-state index in [9.17, 15) is 13.2 Å². The van der Waals surface area contributed by atoms with E-state index in [0.29, 0.717) is 0 Å². The lowest BCUT2D eigenvalue weighted by atomic mass is 9.79. The zero-order chi connectivity index (χ0) is 13.1. The summed E-state index contributed by atoms with van der Waals surface area (Å²) in [5.74, 6) is -0.547. The summed E-state index contributed by atoms with van der Waals surface area (Å²) in [7, 11) is -1.82. The summed E-state index contributed by atoms with van der Waals surface area (Å²) in [6, 6.07) is 3.02. The zero-order valence-electron chi connectivity index (χ0n) is 8.86. The van der Waals surface area contributed by atoms with E-state index in [0.717, 1.165) is 18.2 Å². The first-order valence-electron chi connectivity index (χ1n) is 4.72. The van der Waals surface area contributed by atoms with E-state index >= 15 is 0 Å². The van der Waals surface area contributed by atoms with Crippen molar-refractivity contribution in [1.82, 2.24) is 0 Å². The Morgan fingerprint density at radius 1 is 1.29 bits per heavy atom. The lowest BCUT2D eigenvalue weighted by Crippen LogP contribution is -2.31. The van der Waals surface area contributed by atoms with Crippen LogP contribution in [0.1, 0.15) is 6.92 Å². The summed E-state index contributed by atoms with van der Waals surface area (Å²) in [6.45, 7) is 1.79. The van der Waals surface area contributed by atoms with Crippen LogP contribution in [0, 0.1) is 0 Å². The van der Waals surface area contributed by atoms with Crippen LogP contribution in [0.15, 0.2) is 18.2 Å². The summed E-state index contributed by atoms with van der Waals surface area (Å²) >= 11 is 0. The second-order valence-corrected chi connectivity index (χ2v) is 3.05. The molecular weight excluding hydrogens is 240 g/mol. The molecule has 0 fully saturated rings. The molecule has 0 saturated heterocycles. The van der Waals surface area contributed by atoms with Crippen molar-refractivity contribution in [1.29, 1.82) is 0 Å². The summed E-state index contributed by atoms with van der Waals surface area (Å²) in [4.78, 5) is 0. The molecule has 1 rings (SSSR count). The lowest BCUT2D eigenvalue weighted by Gasteiger charge is -2.13. The number of halogens is 3. The van der Waals surface area contributed by atoms with Crippen LogP contribution in [-0.2, 0) is 0 Å². The van der Waals surface area contributed by atoms with Crippen LogP contribution in [-0.4, -0.2) is 30.1 Å². The smallest absolute Gasteiger partial charge is 0.494 e. The first-order valence-corrected chi connectivity index (χ1v) is 4.72. The fourth-order valence-electron chi connectivity index (χ4n) is 1.21. The molecule has 0 aliphatic heterocycles. The second-order valence-electron chi connectivity index (χ2n) is 3.05. The summed E-state index contributed by atoms with van der Waals surface area (Å²) in [5, 5.41) is 17.9. The quantitative estimate of drug-likeness (QED) is 0.771. The van der Waals surface area contributed by atoms with E-state index in [1.54, 1.807) is 6.92 Å². The lowest BCUT2D eigenvalue weighted by molar-refractivity contribution is -0.274. The maximum absolute atomic E-state index is 12.0. The second kappa shape index (κ2) is 5.28. The van der Waals surface area contributed by atoms with Gasteiger partial charge in [-0.05, 0) is 13.0 Å². The Morgan fingerprint density at radius 3 is 2.41 bits per heavy atom. The Bertz CT molecular complexity index is 381. The molecule has 0 radical (unpaired) electrons. The first-order chi connectivity index (χ1) is 7.83. The van der Waals surface area contributed by atoms with E-state index < -0.39 is 19.2 Å². The third kappa shape index (κ3) is 4.16. The molecule has 0 heterocycles. The molecule has 1 aromatic rings. The molecule has 0 aliphatic rings.